The van der Waals surface area contributed by atoms with Gasteiger partial charge in [-0.1, -0.05) is 26.7 Å². The van der Waals surface area contributed by atoms with Gasteiger partial charge in [0.05, 0.1) is 6.17 Å². The highest BCUT2D eigenvalue weighted by Gasteiger charge is 2.17. The summed E-state index contributed by atoms with van der Waals surface area (Å²) in [6, 6.07) is 0.786. The van der Waals surface area contributed by atoms with Crippen LogP contribution in [0.3, 0.4) is 0 Å². The Morgan fingerprint density at radius 3 is 2.46 bits per heavy atom. The first-order valence-electron chi connectivity index (χ1n) is 5.86. The zero-order chi connectivity index (χ0) is 9.52. The molecule has 0 radical (unpaired) electrons. The molecule has 2 nitrogen and oxygen atoms in total. The lowest BCUT2D eigenvalue weighted by Crippen LogP contribution is -2.46. The molecule has 1 aliphatic rings. The van der Waals surface area contributed by atoms with Crippen LogP contribution in [0.15, 0.2) is 0 Å². The maximum Gasteiger partial charge on any atom is 0.0571 e. The predicted octanol–water partition coefficient (Wildman–Crippen LogP) is 2.25. The molecule has 0 aromatic heterocycles. The topological polar surface area (TPSA) is 24.1 Å². The van der Waals surface area contributed by atoms with E-state index in [0.717, 1.165) is 12.6 Å². The third-order valence-corrected chi connectivity index (χ3v) is 2.84. The molecule has 2 N–H and O–H groups in total. The van der Waals surface area contributed by atoms with Gasteiger partial charge in [-0.3, -0.25) is 5.32 Å². The summed E-state index contributed by atoms with van der Waals surface area (Å²) < 4.78 is 0. The van der Waals surface area contributed by atoms with Gasteiger partial charge in [0.15, 0.2) is 0 Å². The van der Waals surface area contributed by atoms with E-state index in [9.17, 15) is 0 Å². The summed E-state index contributed by atoms with van der Waals surface area (Å²) in [4.78, 5) is 0. The van der Waals surface area contributed by atoms with Crippen LogP contribution in [0.25, 0.3) is 0 Å². The van der Waals surface area contributed by atoms with E-state index < -0.39 is 0 Å². The first-order valence-corrected chi connectivity index (χ1v) is 5.86. The predicted molar refractivity (Wildman–Crippen MR) is 57.8 cm³/mol. The number of hydrogen-bond donors (Lipinski definition) is 2. The quantitative estimate of drug-likeness (QED) is 0.619. The summed E-state index contributed by atoms with van der Waals surface area (Å²) in [6.07, 6.45) is 8.56. The lowest BCUT2D eigenvalue weighted by Gasteiger charge is -2.22. The van der Waals surface area contributed by atoms with Crippen molar-refractivity contribution in [2.45, 2.75) is 64.6 Å². The van der Waals surface area contributed by atoms with Crippen LogP contribution in [0.1, 0.15) is 52.4 Å². The second kappa shape index (κ2) is 6.39. The molecule has 2 heteroatoms. The van der Waals surface area contributed by atoms with Crippen molar-refractivity contribution in [1.82, 2.24) is 10.6 Å². The fourth-order valence-corrected chi connectivity index (χ4v) is 2.02. The molecule has 1 unspecified atom stereocenters. The molecule has 0 heterocycles. The minimum absolute atomic E-state index is 0.544. The molecule has 0 saturated heterocycles. The second-order valence-electron chi connectivity index (χ2n) is 4.06. The Labute approximate surface area is 82.5 Å². The molecule has 1 fully saturated rings. The Kier molecular flexibility index (Phi) is 5.40. The number of nitrogens with one attached hydrogen (secondary N) is 2. The molecule has 1 aliphatic carbocycles. The monoisotopic (exact) mass is 184 g/mol. The van der Waals surface area contributed by atoms with Crippen LogP contribution in [0.5, 0.6) is 0 Å². The van der Waals surface area contributed by atoms with Crippen LogP contribution in [0.4, 0.5) is 0 Å². The van der Waals surface area contributed by atoms with E-state index in [0.29, 0.717) is 6.17 Å². The fraction of sp³-hybridized carbons (Fsp3) is 1.00. The Balaban J connectivity index is 2.13. The van der Waals surface area contributed by atoms with Gasteiger partial charge in [0, 0.05) is 6.04 Å². The van der Waals surface area contributed by atoms with Crippen molar-refractivity contribution < 1.29 is 0 Å². The molecule has 0 aliphatic heterocycles. The highest BCUT2D eigenvalue weighted by atomic mass is 15.1. The maximum atomic E-state index is 3.69. The van der Waals surface area contributed by atoms with E-state index in [2.05, 4.69) is 24.5 Å². The average Bonchev–Trinajstić information content (AvgIpc) is 2.64. The van der Waals surface area contributed by atoms with Gasteiger partial charge >= 0.3 is 0 Å². The van der Waals surface area contributed by atoms with Gasteiger partial charge in [-0.25, -0.2) is 0 Å². The van der Waals surface area contributed by atoms with Crippen molar-refractivity contribution in [3.05, 3.63) is 0 Å². The molecule has 0 aromatic rings. The fourth-order valence-electron chi connectivity index (χ4n) is 2.02. The van der Waals surface area contributed by atoms with E-state index in [1.54, 1.807) is 0 Å². The van der Waals surface area contributed by atoms with Crippen LogP contribution < -0.4 is 10.6 Å². The molecular weight excluding hydrogens is 160 g/mol. The average molecular weight is 184 g/mol. The zero-order valence-electron chi connectivity index (χ0n) is 9.10. The van der Waals surface area contributed by atoms with Crippen molar-refractivity contribution in [3.63, 3.8) is 0 Å². The highest BCUT2D eigenvalue weighted by molar-refractivity contribution is 4.76. The molecule has 1 saturated carbocycles. The summed E-state index contributed by atoms with van der Waals surface area (Å²) in [7, 11) is 0. The largest absolute Gasteiger partial charge is 0.302 e. The van der Waals surface area contributed by atoms with Crippen molar-refractivity contribution in [1.29, 1.82) is 0 Å². The van der Waals surface area contributed by atoms with Crippen LogP contribution in [0.2, 0.25) is 0 Å². The minimum Gasteiger partial charge on any atom is -0.302 e. The van der Waals surface area contributed by atoms with Crippen molar-refractivity contribution in [2.24, 2.45) is 0 Å². The first kappa shape index (κ1) is 11.0. The third-order valence-electron chi connectivity index (χ3n) is 2.84. The third kappa shape index (κ3) is 4.10. The van der Waals surface area contributed by atoms with Gasteiger partial charge < -0.3 is 5.32 Å². The molecule has 0 aromatic carbocycles. The zero-order valence-corrected chi connectivity index (χ0v) is 9.10. The van der Waals surface area contributed by atoms with Crippen molar-refractivity contribution in [3.8, 4) is 0 Å². The lowest BCUT2D eigenvalue weighted by atomic mass is 10.2. The Hall–Kier alpha value is -0.0800. The highest BCUT2D eigenvalue weighted by Crippen LogP contribution is 2.18. The van der Waals surface area contributed by atoms with Crippen LogP contribution >= 0.6 is 0 Å². The van der Waals surface area contributed by atoms with E-state index >= 15 is 0 Å². The van der Waals surface area contributed by atoms with Gasteiger partial charge in [-0.05, 0) is 32.2 Å². The molecule has 0 spiro atoms. The molecule has 13 heavy (non-hydrogen) atoms. The summed E-state index contributed by atoms with van der Waals surface area (Å²) in [5, 5.41) is 7.22. The van der Waals surface area contributed by atoms with Crippen LogP contribution in [-0.2, 0) is 0 Å². The summed E-state index contributed by atoms with van der Waals surface area (Å²) in [5.41, 5.74) is 0. The van der Waals surface area contributed by atoms with Crippen LogP contribution in [0, 0.1) is 0 Å². The smallest absolute Gasteiger partial charge is 0.0571 e. The van der Waals surface area contributed by atoms with Crippen molar-refractivity contribution >= 4 is 0 Å². The molecule has 0 bridgehead atoms. The first-order chi connectivity index (χ1) is 6.36. The Morgan fingerprint density at radius 2 is 1.92 bits per heavy atom. The number of rotatable bonds is 6. The normalized spacial score (nSPS) is 20.8. The van der Waals surface area contributed by atoms with E-state index in [-0.39, 0.29) is 0 Å². The summed E-state index contributed by atoms with van der Waals surface area (Å²) in [6.45, 7) is 5.60. The molecular formula is C11H24N2. The van der Waals surface area contributed by atoms with E-state index in [1.165, 1.54) is 38.5 Å². The van der Waals surface area contributed by atoms with Gasteiger partial charge in [0.25, 0.3) is 0 Å². The summed E-state index contributed by atoms with van der Waals surface area (Å²) in [5.74, 6) is 0. The Bertz CT molecular complexity index is 119. The standard InChI is InChI=1S/C11H24N2/c1-3-9-12-11(4-2)13-10-7-5-6-8-10/h10-13H,3-9H2,1-2H3. The minimum atomic E-state index is 0.544. The van der Waals surface area contributed by atoms with E-state index in [4.69, 9.17) is 0 Å². The van der Waals surface area contributed by atoms with E-state index in [1.807, 2.05) is 0 Å². The van der Waals surface area contributed by atoms with Crippen molar-refractivity contribution in [2.75, 3.05) is 6.54 Å². The molecule has 1 rings (SSSR count). The SMILES string of the molecule is CCCNC(CC)NC1CCCC1. The van der Waals surface area contributed by atoms with Gasteiger partial charge in [-0.2, -0.15) is 0 Å². The second-order valence-corrected chi connectivity index (χ2v) is 4.06. The summed E-state index contributed by atoms with van der Waals surface area (Å²) >= 11 is 0. The molecule has 78 valence electrons. The Morgan fingerprint density at radius 1 is 1.23 bits per heavy atom. The molecule has 0 amide bonds. The maximum absolute atomic E-state index is 3.69. The molecule has 1 atom stereocenters. The number of hydrogen-bond acceptors (Lipinski definition) is 2. The van der Waals surface area contributed by atoms with Gasteiger partial charge in [0.1, 0.15) is 0 Å². The lowest BCUT2D eigenvalue weighted by molar-refractivity contribution is 0.363. The van der Waals surface area contributed by atoms with Gasteiger partial charge in [0.2, 0.25) is 0 Å². The van der Waals surface area contributed by atoms with Crippen LogP contribution in [-0.4, -0.2) is 18.8 Å². The van der Waals surface area contributed by atoms with Gasteiger partial charge in [-0.15, -0.1) is 0 Å².